The van der Waals surface area contributed by atoms with Crippen LogP contribution in [0.1, 0.15) is 6.42 Å². The molecule has 0 aromatic carbocycles. The fourth-order valence-corrected chi connectivity index (χ4v) is 2.96. The standard InChI is InChI=1S/C9H11NO5S.Na/c1-14-4-15-3-5-8(9(12)13)10-6(11)2-7(10)16-5;/h7H,2-4H2,1H3,(H,12,13);/q;+1/p-1/t7-;/m1./s1. The summed E-state index contributed by atoms with van der Waals surface area (Å²) in [4.78, 5) is 23.9. The average Bonchev–Trinajstić information content (AvgIpc) is 2.52. The normalized spacial score (nSPS) is 22.1. The fourth-order valence-electron chi connectivity index (χ4n) is 1.64. The molecule has 1 atom stereocenters. The van der Waals surface area contributed by atoms with Gasteiger partial charge in [-0.15, -0.1) is 0 Å². The third kappa shape index (κ3) is 2.86. The first-order valence-electron chi connectivity index (χ1n) is 4.65. The number of carbonyl (C=O) groups is 2. The number of β-lactam (4-membered cyclic amide) rings is 1. The molecule has 1 saturated heterocycles. The van der Waals surface area contributed by atoms with Crippen molar-refractivity contribution < 1.29 is 53.7 Å². The molecule has 0 radical (unpaired) electrons. The van der Waals surface area contributed by atoms with Crippen molar-refractivity contribution >= 4 is 23.6 Å². The Bertz CT molecular complexity index is 372. The molecular formula is C9H10NNaO5S. The average molecular weight is 267 g/mol. The number of hydrogen-bond donors (Lipinski definition) is 0. The molecular weight excluding hydrogens is 257 g/mol. The third-order valence-electron chi connectivity index (χ3n) is 2.32. The topological polar surface area (TPSA) is 78.9 Å². The van der Waals surface area contributed by atoms with E-state index < -0.39 is 5.97 Å². The number of methoxy groups -OCH3 is 1. The number of carboxylic acid groups (broad SMARTS) is 1. The second-order valence-electron chi connectivity index (χ2n) is 3.35. The monoisotopic (exact) mass is 267 g/mol. The van der Waals surface area contributed by atoms with Gasteiger partial charge in [0.1, 0.15) is 6.79 Å². The number of aliphatic carboxylic acids is 1. The minimum absolute atomic E-state index is 0. The van der Waals surface area contributed by atoms with Crippen LogP contribution in [0.2, 0.25) is 0 Å². The summed E-state index contributed by atoms with van der Waals surface area (Å²) in [7, 11) is 1.48. The Morgan fingerprint density at radius 3 is 2.88 bits per heavy atom. The number of carboxylic acids is 1. The van der Waals surface area contributed by atoms with Gasteiger partial charge >= 0.3 is 29.6 Å². The molecule has 2 heterocycles. The second kappa shape index (κ2) is 6.21. The number of amides is 1. The molecule has 88 valence electrons. The van der Waals surface area contributed by atoms with E-state index in [4.69, 9.17) is 9.47 Å². The Balaban J connectivity index is 0.00000144. The van der Waals surface area contributed by atoms with E-state index >= 15 is 0 Å². The van der Waals surface area contributed by atoms with Gasteiger partial charge in [0.2, 0.25) is 5.91 Å². The molecule has 0 unspecified atom stereocenters. The van der Waals surface area contributed by atoms with Crippen LogP contribution in [0.4, 0.5) is 0 Å². The van der Waals surface area contributed by atoms with E-state index in [1.54, 1.807) is 0 Å². The van der Waals surface area contributed by atoms with Gasteiger partial charge in [0.25, 0.3) is 0 Å². The van der Waals surface area contributed by atoms with E-state index in [1.165, 1.54) is 23.8 Å². The van der Waals surface area contributed by atoms with Gasteiger partial charge in [-0.3, -0.25) is 9.69 Å². The quantitative estimate of drug-likeness (QED) is 0.218. The molecule has 0 spiro atoms. The number of hydrogen-bond acceptors (Lipinski definition) is 6. The minimum atomic E-state index is -1.33. The number of ether oxygens (including phenoxy) is 2. The smallest absolute Gasteiger partial charge is 0.543 e. The zero-order valence-electron chi connectivity index (χ0n) is 9.60. The van der Waals surface area contributed by atoms with Crippen molar-refractivity contribution in [2.24, 2.45) is 0 Å². The molecule has 0 aromatic rings. The third-order valence-corrected chi connectivity index (χ3v) is 3.56. The molecule has 2 aliphatic heterocycles. The van der Waals surface area contributed by atoms with Crippen LogP contribution in [0, 0.1) is 0 Å². The van der Waals surface area contributed by atoms with Crippen molar-refractivity contribution in [2.45, 2.75) is 11.8 Å². The van der Waals surface area contributed by atoms with E-state index in [0.717, 1.165) is 0 Å². The van der Waals surface area contributed by atoms with Crippen LogP contribution in [0.15, 0.2) is 10.6 Å². The number of thioether (sulfide) groups is 1. The van der Waals surface area contributed by atoms with E-state index in [2.05, 4.69) is 0 Å². The fraction of sp³-hybridized carbons (Fsp3) is 0.556. The van der Waals surface area contributed by atoms with Gasteiger partial charge in [0, 0.05) is 12.0 Å². The molecule has 0 N–H and O–H groups in total. The summed E-state index contributed by atoms with van der Waals surface area (Å²) in [6.07, 6.45) is 0.370. The Labute approximate surface area is 125 Å². The van der Waals surface area contributed by atoms with E-state index in [9.17, 15) is 14.7 Å². The van der Waals surface area contributed by atoms with Crippen LogP contribution in [-0.2, 0) is 19.1 Å². The molecule has 2 rings (SSSR count). The first-order valence-corrected chi connectivity index (χ1v) is 5.53. The van der Waals surface area contributed by atoms with E-state index in [-0.39, 0.29) is 59.9 Å². The zero-order valence-corrected chi connectivity index (χ0v) is 12.4. The Hall–Kier alpha value is -0.0500. The first kappa shape index (κ1) is 15.0. The predicted octanol–water partition coefficient (Wildman–Crippen LogP) is -4.12. The van der Waals surface area contributed by atoms with Crippen LogP contribution in [0.25, 0.3) is 0 Å². The number of rotatable bonds is 5. The van der Waals surface area contributed by atoms with Crippen molar-refractivity contribution in [3.05, 3.63) is 10.6 Å². The molecule has 1 amide bonds. The van der Waals surface area contributed by atoms with Crippen LogP contribution in [-0.4, -0.2) is 42.7 Å². The maximum atomic E-state index is 11.2. The number of nitrogens with zero attached hydrogens (tertiary/aromatic N) is 1. The zero-order chi connectivity index (χ0) is 11.7. The summed E-state index contributed by atoms with van der Waals surface area (Å²) in [6.45, 7) is 0.213. The van der Waals surface area contributed by atoms with Crippen molar-refractivity contribution in [1.29, 1.82) is 0 Å². The largest absolute Gasteiger partial charge is 1.00 e. The number of fused-ring (bicyclic) bond motifs is 1. The molecule has 0 aromatic heterocycles. The Kier molecular flexibility index (Phi) is 5.49. The molecule has 8 heteroatoms. The van der Waals surface area contributed by atoms with Gasteiger partial charge in [0.05, 0.1) is 30.1 Å². The summed E-state index contributed by atoms with van der Waals surface area (Å²) in [5, 5.41) is 10.8. The Morgan fingerprint density at radius 2 is 2.35 bits per heavy atom. The van der Waals surface area contributed by atoms with Gasteiger partial charge in [-0.05, 0) is 0 Å². The first-order chi connectivity index (χ1) is 7.65. The number of carbonyl (C=O) groups excluding carboxylic acids is 2. The van der Waals surface area contributed by atoms with Crippen molar-refractivity contribution in [2.75, 3.05) is 20.5 Å². The molecule has 0 bridgehead atoms. The summed E-state index contributed by atoms with van der Waals surface area (Å²) in [6, 6.07) is 0. The van der Waals surface area contributed by atoms with Crippen molar-refractivity contribution in [3.8, 4) is 0 Å². The molecule has 0 saturated carbocycles. The summed E-state index contributed by atoms with van der Waals surface area (Å²) >= 11 is 1.33. The maximum Gasteiger partial charge on any atom is 1.00 e. The van der Waals surface area contributed by atoms with Gasteiger partial charge < -0.3 is 19.4 Å². The van der Waals surface area contributed by atoms with Crippen molar-refractivity contribution in [1.82, 2.24) is 4.90 Å². The summed E-state index contributed by atoms with van der Waals surface area (Å²) in [5.74, 6) is -1.52. The van der Waals surface area contributed by atoms with Gasteiger partial charge in [-0.2, -0.15) is 0 Å². The molecule has 17 heavy (non-hydrogen) atoms. The van der Waals surface area contributed by atoms with Gasteiger partial charge in [-0.1, -0.05) is 11.8 Å². The molecule has 0 aliphatic carbocycles. The van der Waals surface area contributed by atoms with Crippen molar-refractivity contribution in [3.63, 3.8) is 0 Å². The summed E-state index contributed by atoms with van der Waals surface area (Å²) in [5.41, 5.74) is -0.0534. The van der Waals surface area contributed by atoms with Crippen LogP contribution in [0.5, 0.6) is 0 Å². The van der Waals surface area contributed by atoms with Crippen LogP contribution >= 0.6 is 11.8 Å². The predicted molar refractivity (Wildman–Crippen MR) is 52.7 cm³/mol. The van der Waals surface area contributed by atoms with Gasteiger partial charge in [0.15, 0.2) is 0 Å². The van der Waals surface area contributed by atoms with E-state index in [1.807, 2.05) is 0 Å². The maximum absolute atomic E-state index is 11.2. The molecule has 2 aliphatic rings. The van der Waals surface area contributed by atoms with Crippen LogP contribution in [0.3, 0.4) is 0 Å². The van der Waals surface area contributed by atoms with Crippen LogP contribution < -0.4 is 34.7 Å². The SMILES string of the molecule is COCOCC1=C(C(=O)[O-])N2C(=O)C[C@H]2S1.[Na+]. The minimum Gasteiger partial charge on any atom is -0.543 e. The molecule has 6 nitrogen and oxygen atoms in total. The van der Waals surface area contributed by atoms with Gasteiger partial charge in [-0.25, -0.2) is 0 Å². The second-order valence-corrected chi connectivity index (χ2v) is 4.63. The Morgan fingerprint density at radius 1 is 1.65 bits per heavy atom. The van der Waals surface area contributed by atoms with E-state index in [0.29, 0.717) is 11.3 Å². The summed E-state index contributed by atoms with van der Waals surface area (Å²) < 4.78 is 9.77. The molecule has 1 fully saturated rings.